The van der Waals surface area contributed by atoms with Crippen LogP contribution >= 0.6 is 0 Å². The average molecular weight is 297 g/mol. The van der Waals surface area contributed by atoms with Gasteiger partial charge in [0.1, 0.15) is 23.2 Å². The van der Waals surface area contributed by atoms with Gasteiger partial charge in [-0.2, -0.15) is 13.2 Å². The lowest BCUT2D eigenvalue weighted by Crippen LogP contribution is -2.08. The van der Waals surface area contributed by atoms with Crippen LogP contribution in [0.4, 0.5) is 23.4 Å². The van der Waals surface area contributed by atoms with Crippen LogP contribution in [0.5, 0.6) is 0 Å². The van der Waals surface area contributed by atoms with Gasteiger partial charge in [-0.05, 0) is 25.1 Å². The highest BCUT2D eigenvalue weighted by atomic mass is 19.4. The van der Waals surface area contributed by atoms with E-state index in [1.165, 1.54) is 10.6 Å². The lowest BCUT2D eigenvalue weighted by atomic mass is 10.1. The van der Waals surface area contributed by atoms with E-state index in [1.807, 2.05) is 0 Å². The predicted molar refractivity (Wildman–Crippen MR) is 70.6 cm³/mol. The molecule has 110 valence electrons. The molecule has 0 aliphatic heterocycles. The van der Waals surface area contributed by atoms with Gasteiger partial charge in [0, 0.05) is 5.56 Å². The molecule has 0 atom stereocenters. The molecule has 0 aliphatic rings. The molecule has 1 heterocycles. The van der Waals surface area contributed by atoms with E-state index >= 15 is 0 Å². The highest BCUT2D eigenvalue weighted by Gasteiger charge is 2.34. The van der Waals surface area contributed by atoms with Crippen molar-refractivity contribution in [2.75, 3.05) is 5.73 Å². The van der Waals surface area contributed by atoms with Crippen molar-refractivity contribution in [3.63, 3.8) is 0 Å². The number of imidazole rings is 1. The van der Waals surface area contributed by atoms with Crippen molar-refractivity contribution < 1.29 is 17.6 Å². The maximum atomic E-state index is 13.3. The SMILES string of the molecule is C#CCn1c(C)nc(-c2ccc(F)c(C(F)(F)F)c2)c1N. The summed E-state index contributed by atoms with van der Waals surface area (Å²) in [6.45, 7) is 1.78. The van der Waals surface area contributed by atoms with Gasteiger partial charge in [-0.3, -0.25) is 0 Å². The molecule has 0 radical (unpaired) electrons. The Morgan fingerprint density at radius 2 is 2.05 bits per heavy atom. The highest BCUT2D eigenvalue weighted by Crippen LogP contribution is 2.35. The second kappa shape index (κ2) is 5.13. The van der Waals surface area contributed by atoms with Crippen LogP contribution in [0.15, 0.2) is 18.2 Å². The number of aromatic nitrogens is 2. The number of hydrogen-bond acceptors (Lipinski definition) is 2. The number of hydrogen-bond donors (Lipinski definition) is 1. The van der Waals surface area contributed by atoms with Gasteiger partial charge in [-0.15, -0.1) is 6.42 Å². The topological polar surface area (TPSA) is 43.8 Å². The Kier molecular flexibility index (Phi) is 3.64. The molecule has 0 saturated carbocycles. The number of nitrogens with zero attached hydrogens (tertiary/aromatic N) is 2. The molecule has 0 amide bonds. The molecule has 0 fully saturated rings. The summed E-state index contributed by atoms with van der Waals surface area (Å²) in [6.07, 6.45) is 0.408. The molecule has 3 nitrogen and oxygen atoms in total. The standard InChI is InChI=1S/C14H11F4N3/c1-3-6-21-8(2)20-12(13(21)19)9-4-5-11(15)10(7-9)14(16,17)18/h1,4-5,7H,6,19H2,2H3. The van der Waals surface area contributed by atoms with Crippen molar-refractivity contribution in [3.8, 4) is 23.6 Å². The van der Waals surface area contributed by atoms with Gasteiger partial charge < -0.3 is 10.3 Å². The smallest absolute Gasteiger partial charge is 0.383 e. The molecular formula is C14H11F4N3. The van der Waals surface area contributed by atoms with E-state index in [-0.39, 0.29) is 23.6 Å². The Morgan fingerprint density at radius 1 is 1.38 bits per heavy atom. The Balaban J connectivity index is 2.59. The first-order valence-corrected chi connectivity index (χ1v) is 5.89. The summed E-state index contributed by atoms with van der Waals surface area (Å²) < 4.78 is 53.0. The summed E-state index contributed by atoms with van der Waals surface area (Å²) in [5.41, 5.74) is 4.72. The first kappa shape index (κ1) is 14.9. The van der Waals surface area contributed by atoms with Gasteiger partial charge in [0.2, 0.25) is 0 Å². The van der Waals surface area contributed by atoms with Crippen LogP contribution in [0, 0.1) is 25.1 Å². The Bertz CT molecular complexity index is 723. The van der Waals surface area contributed by atoms with Crippen LogP contribution in [0.25, 0.3) is 11.3 Å². The van der Waals surface area contributed by atoms with Crippen molar-refractivity contribution in [2.45, 2.75) is 19.6 Å². The third kappa shape index (κ3) is 2.70. The van der Waals surface area contributed by atoms with Crippen molar-refractivity contribution in [1.29, 1.82) is 0 Å². The second-order valence-electron chi connectivity index (χ2n) is 4.38. The summed E-state index contributed by atoms with van der Waals surface area (Å²) in [7, 11) is 0. The number of halogens is 4. The number of anilines is 1. The van der Waals surface area contributed by atoms with Crippen LogP contribution in [-0.4, -0.2) is 9.55 Å². The molecule has 0 unspecified atom stereocenters. The van der Waals surface area contributed by atoms with Crippen molar-refractivity contribution in [3.05, 3.63) is 35.4 Å². The van der Waals surface area contributed by atoms with Crippen LogP contribution in [0.2, 0.25) is 0 Å². The van der Waals surface area contributed by atoms with Crippen LogP contribution in [-0.2, 0) is 12.7 Å². The molecule has 1 aromatic heterocycles. The molecule has 2 aromatic rings. The number of nitrogen functional groups attached to an aromatic ring is 1. The Labute approximate surface area is 118 Å². The Morgan fingerprint density at radius 3 is 2.62 bits per heavy atom. The van der Waals surface area contributed by atoms with E-state index in [4.69, 9.17) is 12.2 Å². The first-order chi connectivity index (χ1) is 9.75. The monoisotopic (exact) mass is 297 g/mol. The lowest BCUT2D eigenvalue weighted by molar-refractivity contribution is -0.139. The van der Waals surface area contributed by atoms with E-state index in [1.54, 1.807) is 6.92 Å². The molecular weight excluding hydrogens is 286 g/mol. The number of terminal acetylenes is 1. The second-order valence-corrected chi connectivity index (χ2v) is 4.38. The van der Waals surface area contributed by atoms with Gasteiger partial charge in [-0.25, -0.2) is 9.37 Å². The van der Waals surface area contributed by atoms with Crippen molar-refractivity contribution >= 4 is 5.82 Å². The predicted octanol–water partition coefficient (Wildman–Crippen LogP) is 3.23. The summed E-state index contributed by atoms with van der Waals surface area (Å²) in [4.78, 5) is 4.10. The minimum atomic E-state index is -4.79. The summed E-state index contributed by atoms with van der Waals surface area (Å²) in [5.74, 6) is 1.65. The molecule has 0 bridgehead atoms. The third-order valence-electron chi connectivity index (χ3n) is 2.99. The summed E-state index contributed by atoms with van der Waals surface area (Å²) >= 11 is 0. The molecule has 0 saturated heterocycles. The van der Waals surface area contributed by atoms with E-state index in [0.29, 0.717) is 11.9 Å². The number of nitrogens with two attached hydrogens (primary N) is 1. The molecule has 0 aliphatic carbocycles. The van der Waals surface area contributed by atoms with E-state index in [2.05, 4.69) is 10.9 Å². The van der Waals surface area contributed by atoms with Crippen LogP contribution in [0.3, 0.4) is 0 Å². The summed E-state index contributed by atoms with van der Waals surface area (Å²) in [6, 6.07) is 2.63. The fourth-order valence-corrected chi connectivity index (χ4v) is 1.97. The maximum absolute atomic E-state index is 13.3. The van der Waals surface area contributed by atoms with E-state index < -0.39 is 17.6 Å². The van der Waals surface area contributed by atoms with Gasteiger partial charge in [-0.1, -0.05) is 5.92 Å². The van der Waals surface area contributed by atoms with E-state index in [0.717, 1.165) is 6.07 Å². The minimum absolute atomic E-state index is 0.0834. The van der Waals surface area contributed by atoms with Crippen LogP contribution in [0.1, 0.15) is 11.4 Å². The Hall–Kier alpha value is -2.49. The quantitative estimate of drug-likeness (QED) is 0.683. The molecule has 21 heavy (non-hydrogen) atoms. The number of aryl methyl sites for hydroxylation is 1. The van der Waals surface area contributed by atoms with Gasteiger partial charge in [0.05, 0.1) is 12.1 Å². The first-order valence-electron chi connectivity index (χ1n) is 5.89. The maximum Gasteiger partial charge on any atom is 0.419 e. The zero-order valence-corrected chi connectivity index (χ0v) is 11.0. The van der Waals surface area contributed by atoms with Crippen molar-refractivity contribution in [1.82, 2.24) is 9.55 Å². The van der Waals surface area contributed by atoms with E-state index in [9.17, 15) is 17.6 Å². The lowest BCUT2D eigenvalue weighted by Gasteiger charge is -2.09. The molecule has 2 N–H and O–H groups in total. The molecule has 7 heteroatoms. The zero-order valence-electron chi connectivity index (χ0n) is 11.0. The molecule has 1 aromatic carbocycles. The normalized spacial score (nSPS) is 11.4. The number of benzene rings is 1. The minimum Gasteiger partial charge on any atom is -0.383 e. The largest absolute Gasteiger partial charge is 0.419 e. The zero-order chi connectivity index (χ0) is 15.8. The summed E-state index contributed by atoms with van der Waals surface area (Å²) in [5, 5.41) is 0. The fraction of sp³-hybridized carbons (Fsp3) is 0.214. The van der Waals surface area contributed by atoms with Gasteiger partial charge >= 0.3 is 6.18 Å². The van der Waals surface area contributed by atoms with Crippen LogP contribution < -0.4 is 5.73 Å². The molecule has 2 rings (SSSR count). The fourth-order valence-electron chi connectivity index (χ4n) is 1.97. The number of rotatable bonds is 2. The number of alkyl halides is 3. The highest BCUT2D eigenvalue weighted by molar-refractivity contribution is 5.71. The molecule has 0 spiro atoms. The van der Waals surface area contributed by atoms with Gasteiger partial charge in [0.15, 0.2) is 0 Å². The van der Waals surface area contributed by atoms with Crippen molar-refractivity contribution in [2.24, 2.45) is 0 Å². The average Bonchev–Trinajstić information content (AvgIpc) is 2.66. The third-order valence-corrected chi connectivity index (χ3v) is 2.99. The van der Waals surface area contributed by atoms with Gasteiger partial charge in [0.25, 0.3) is 0 Å².